The number of anilines is 2. The Morgan fingerprint density at radius 3 is 2.50 bits per heavy atom. The van der Waals surface area contributed by atoms with Crippen LogP contribution in [0.15, 0.2) is 46.9 Å². The lowest BCUT2D eigenvalue weighted by molar-refractivity contribution is 0.0943. The molecule has 5 nitrogen and oxygen atoms in total. The molecule has 0 aliphatic heterocycles. The van der Waals surface area contributed by atoms with E-state index in [1.165, 1.54) is 12.1 Å². The quantitative estimate of drug-likeness (QED) is 0.721. The number of halogens is 2. The summed E-state index contributed by atoms with van der Waals surface area (Å²) >= 11 is 3.15. The number of carbonyl (C=O) groups is 2. The summed E-state index contributed by atoms with van der Waals surface area (Å²) in [4.78, 5) is 23.9. The van der Waals surface area contributed by atoms with Gasteiger partial charge in [0.2, 0.25) is 0 Å². The molecule has 0 heterocycles. The van der Waals surface area contributed by atoms with Gasteiger partial charge >= 0.3 is 6.03 Å². The summed E-state index contributed by atoms with van der Waals surface area (Å²) in [6.45, 7) is 3.72. The minimum absolute atomic E-state index is 0.0118. The van der Waals surface area contributed by atoms with Crippen molar-refractivity contribution in [2.45, 2.75) is 19.9 Å². The maximum absolute atomic E-state index is 13.7. The average molecular weight is 394 g/mol. The summed E-state index contributed by atoms with van der Waals surface area (Å²) < 4.78 is 14.3. The summed E-state index contributed by atoms with van der Waals surface area (Å²) in [5, 5.41) is 7.76. The zero-order chi connectivity index (χ0) is 17.7. The third kappa shape index (κ3) is 5.06. The van der Waals surface area contributed by atoms with E-state index in [-0.39, 0.29) is 17.6 Å². The predicted molar refractivity (Wildman–Crippen MR) is 95.8 cm³/mol. The number of amides is 3. The Labute approximate surface area is 147 Å². The number of urea groups is 1. The molecular weight excluding hydrogens is 377 g/mol. The van der Waals surface area contributed by atoms with E-state index in [1.807, 2.05) is 13.8 Å². The second-order valence-electron chi connectivity index (χ2n) is 5.41. The van der Waals surface area contributed by atoms with Crippen LogP contribution in [-0.2, 0) is 0 Å². The first kappa shape index (κ1) is 17.9. The van der Waals surface area contributed by atoms with Gasteiger partial charge in [0.1, 0.15) is 5.82 Å². The predicted octanol–water partition coefficient (Wildman–Crippen LogP) is 4.37. The molecule has 0 saturated heterocycles. The van der Waals surface area contributed by atoms with Crippen LogP contribution in [0.2, 0.25) is 0 Å². The largest absolute Gasteiger partial charge is 0.350 e. The van der Waals surface area contributed by atoms with Gasteiger partial charge in [-0.2, -0.15) is 0 Å². The lowest BCUT2D eigenvalue weighted by Crippen LogP contribution is -2.30. The van der Waals surface area contributed by atoms with Crippen LogP contribution in [0.4, 0.5) is 20.6 Å². The van der Waals surface area contributed by atoms with Crippen LogP contribution in [0.5, 0.6) is 0 Å². The lowest BCUT2D eigenvalue weighted by Gasteiger charge is -2.11. The normalized spacial score (nSPS) is 10.4. The summed E-state index contributed by atoms with van der Waals surface area (Å²) in [5.74, 6) is -0.780. The van der Waals surface area contributed by atoms with Gasteiger partial charge in [0.25, 0.3) is 5.91 Å². The standard InChI is InChI=1S/C17H17BrFN3O2/c1-10(2)20-16(23)11-4-3-5-13(8-11)21-17(24)22-15-7-6-12(18)9-14(15)19/h3-10H,1-2H3,(H,20,23)(H2,21,22,24). The first-order chi connectivity index (χ1) is 11.3. The third-order valence-electron chi connectivity index (χ3n) is 2.98. The molecule has 0 fully saturated rings. The van der Waals surface area contributed by atoms with Gasteiger partial charge in [0, 0.05) is 21.8 Å². The van der Waals surface area contributed by atoms with Crippen molar-refractivity contribution in [1.29, 1.82) is 0 Å². The fourth-order valence-corrected chi connectivity index (χ4v) is 2.29. The Balaban J connectivity index is 2.05. The van der Waals surface area contributed by atoms with E-state index >= 15 is 0 Å². The van der Waals surface area contributed by atoms with Crippen molar-refractivity contribution in [3.8, 4) is 0 Å². The van der Waals surface area contributed by atoms with Crippen LogP contribution in [0, 0.1) is 5.82 Å². The molecule has 3 N–H and O–H groups in total. The van der Waals surface area contributed by atoms with E-state index < -0.39 is 11.8 Å². The fourth-order valence-electron chi connectivity index (χ4n) is 1.96. The van der Waals surface area contributed by atoms with Crippen LogP contribution in [0.25, 0.3) is 0 Å². The molecule has 0 saturated carbocycles. The zero-order valence-electron chi connectivity index (χ0n) is 13.2. The SMILES string of the molecule is CC(C)NC(=O)c1cccc(NC(=O)Nc2ccc(Br)cc2F)c1. The highest BCUT2D eigenvalue weighted by Crippen LogP contribution is 2.19. The van der Waals surface area contributed by atoms with Gasteiger partial charge < -0.3 is 16.0 Å². The van der Waals surface area contributed by atoms with Crippen molar-refractivity contribution in [2.24, 2.45) is 0 Å². The van der Waals surface area contributed by atoms with Gasteiger partial charge in [-0.3, -0.25) is 4.79 Å². The molecule has 0 unspecified atom stereocenters. The summed E-state index contributed by atoms with van der Waals surface area (Å²) in [5.41, 5.74) is 0.919. The number of nitrogens with one attached hydrogen (secondary N) is 3. The van der Waals surface area contributed by atoms with Crippen LogP contribution in [0.3, 0.4) is 0 Å². The van der Waals surface area contributed by atoms with E-state index in [0.717, 1.165) is 0 Å². The second-order valence-corrected chi connectivity index (χ2v) is 6.33. The van der Waals surface area contributed by atoms with Crippen LogP contribution >= 0.6 is 15.9 Å². The fraction of sp³-hybridized carbons (Fsp3) is 0.176. The number of carbonyl (C=O) groups excluding carboxylic acids is 2. The molecule has 126 valence electrons. The molecule has 3 amide bonds. The third-order valence-corrected chi connectivity index (χ3v) is 3.47. The summed E-state index contributed by atoms with van der Waals surface area (Å²) in [7, 11) is 0. The Kier molecular flexibility index (Phi) is 5.92. The molecular formula is C17H17BrFN3O2. The first-order valence-electron chi connectivity index (χ1n) is 7.29. The molecule has 7 heteroatoms. The smallest absolute Gasteiger partial charge is 0.323 e. The Hall–Kier alpha value is -2.41. The van der Waals surface area contributed by atoms with Crippen molar-refractivity contribution in [3.05, 3.63) is 58.3 Å². The molecule has 2 aromatic carbocycles. The molecule has 2 aromatic rings. The van der Waals surface area contributed by atoms with Gasteiger partial charge in [-0.05, 0) is 50.2 Å². The molecule has 0 aromatic heterocycles. The van der Waals surface area contributed by atoms with Crippen LogP contribution in [0.1, 0.15) is 24.2 Å². The minimum atomic E-state index is -0.599. The van der Waals surface area contributed by atoms with Crippen LogP contribution < -0.4 is 16.0 Å². The van der Waals surface area contributed by atoms with E-state index in [0.29, 0.717) is 15.7 Å². The molecule has 0 bridgehead atoms. The van der Waals surface area contributed by atoms with Crippen molar-refractivity contribution >= 4 is 39.2 Å². The molecule has 0 radical (unpaired) electrons. The lowest BCUT2D eigenvalue weighted by atomic mass is 10.2. The monoisotopic (exact) mass is 393 g/mol. The van der Waals surface area contributed by atoms with Crippen molar-refractivity contribution in [1.82, 2.24) is 5.32 Å². The number of hydrogen-bond acceptors (Lipinski definition) is 2. The molecule has 2 rings (SSSR count). The topological polar surface area (TPSA) is 70.2 Å². The summed E-state index contributed by atoms with van der Waals surface area (Å²) in [6.07, 6.45) is 0. The highest BCUT2D eigenvalue weighted by atomic mass is 79.9. The average Bonchev–Trinajstić information content (AvgIpc) is 2.49. The zero-order valence-corrected chi connectivity index (χ0v) is 14.8. The first-order valence-corrected chi connectivity index (χ1v) is 8.08. The van der Waals surface area contributed by atoms with E-state index in [2.05, 4.69) is 31.9 Å². The number of rotatable bonds is 4. The Morgan fingerprint density at radius 1 is 1.08 bits per heavy atom. The molecule has 0 aliphatic rings. The minimum Gasteiger partial charge on any atom is -0.350 e. The molecule has 0 atom stereocenters. The van der Waals surface area contributed by atoms with Gasteiger partial charge in [0.15, 0.2) is 0 Å². The van der Waals surface area contributed by atoms with Crippen molar-refractivity contribution in [2.75, 3.05) is 10.6 Å². The maximum Gasteiger partial charge on any atom is 0.323 e. The molecule has 24 heavy (non-hydrogen) atoms. The van der Waals surface area contributed by atoms with Crippen LogP contribution in [-0.4, -0.2) is 18.0 Å². The van der Waals surface area contributed by atoms with E-state index in [4.69, 9.17) is 0 Å². The molecule has 0 spiro atoms. The number of benzene rings is 2. The van der Waals surface area contributed by atoms with E-state index in [9.17, 15) is 14.0 Å². The van der Waals surface area contributed by atoms with Gasteiger partial charge in [-0.25, -0.2) is 9.18 Å². The van der Waals surface area contributed by atoms with Gasteiger partial charge in [-0.1, -0.05) is 22.0 Å². The van der Waals surface area contributed by atoms with Crippen molar-refractivity contribution in [3.63, 3.8) is 0 Å². The number of hydrogen-bond donors (Lipinski definition) is 3. The van der Waals surface area contributed by atoms with Gasteiger partial charge in [0.05, 0.1) is 5.69 Å². The maximum atomic E-state index is 13.7. The highest BCUT2D eigenvalue weighted by Gasteiger charge is 2.10. The molecule has 0 aliphatic carbocycles. The van der Waals surface area contributed by atoms with Gasteiger partial charge in [-0.15, -0.1) is 0 Å². The second kappa shape index (κ2) is 7.92. The highest BCUT2D eigenvalue weighted by molar-refractivity contribution is 9.10. The summed E-state index contributed by atoms with van der Waals surface area (Å²) in [6, 6.07) is 10.2. The Bertz CT molecular complexity index is 765. The van der Waals surface area contributed by atoms with E-state index in [1.54, 1.807) is 30.3 Å². The van der Waals surface area contributed by atoms with Crippen molar-refractivity contribution < 1.29 is 14.0 Å². The Morgan fingerprint density at radius 2 is 1.83 bits per heavy atom.